The molecule has 1 amide bonds. The van der Waals surface area contributed by atoms with Crippen LogP contribution in [-0.4, -0.2) is 43.8 Å². The SMILES string of the molecule is CC(C)CC(C)(CN)NC(=O)CCc1ccc(S(=O)(=O)N2CCCC2)cc1.Cl. The van der Waals surface area contributed by atoms with Gasteiger partial charge in [-0.05, 0) is 56.2 Å². The van der Waals surface area contributed by atoms with E-state index < -0.39 is 10.0 Å². The average molecular weight is 432 g/mol. The quantitative estimate of drug-likeness (QED) is 0.628. The van der Waals surface area contributed by atoms with Gasteiger partial charge in [0.2, 0.25) is 15.9 Å². The van der Waals surface area contributed by atoms with E-state index in [1.54, 1.807) is 24.3 Å². The summed E-state index contributed by atoms with van der Waals surface area (Å²) in [5.41, 5.74) is 6.40. The Labute approximate surface area is 175 Å². The number of nitrogens with two attached hydrogens (primary N) is 1. The van der Waals surface area contributed by atoms with Crippen molar-refractivity contribution in [3.8, 4) is 0 Å². The van der Waals surface area contributed by atoms with Gasteiger partial charge in [0.1, 0.15) is 0 Å². The molecule has 1 aromatic rings. The highest BCUT2D eigenvalue weighted by molar-refractivity contribution is 7.89. The summed E-state index contributed by atoms with van der Waals surface area (Å²) >= 11 is 0. The van der Waals surface area contributed by atoms with Gasteiger partial charge in [0, 0.05) is 31.6 Å². The van der Waals surface area contributed by atoms with Gasteiger partial charge in [-0.1, -0.05) is 26.0 Å². The third kappa shape index (κ3) is 6.72. The molecule has 28 heavy (non-hydrogen) atoms. The minimum absolute atomic E-state index is 0. The molecular weight excluding hydrogens is 398 g/mol. The summed E-state index contributed by atoms with van der Waals surface area (Å²) in [6.07, 6.45) is 3.60. The van der Waals surface area contributed by atoms with Crippen molar-refractivity contribution >= 4 is 28.3 Å². The first-order chi connectivity index (χ1) is 12.7. The second-order valence-electron chi connectivity index (χ2n) is 8.17. The van der Waals surface area contributed by atoms with Crippen molar-refractivity contribution in [1.82, 2.24) is 9.62 Å². The van der Waals surface area contributed by atoms with E-state index in [4.69, 9.17) is 5.73 Å². The van der Waals surface area contributed by atoms with Crippen molar-refractivity contribution in [2.24, 2.45) is 11.7 Å². The second kappa shape index (κ2) is 10.6. The molecule has 0 bridgehead atoms. The van der Waals surface area contributed by atoms with E-state index in [9.17, 15) is 13.2 Å². The lowest BCUT2D eigenvalue weighted by Crippen LogP contribution is -2.52. The number of benzene rings is 1. The maximum atomic E-state index is 12.5. The predicted molar refractivity (Wildman–Crippen MR) is 115 cm³/mol. The van der Waals surface area contributed by atoms with Crippen LogP contribution in [0.2, 0.25) is 0 Å². The minimum Gasteiger partial charge on any atom is -0.350 e. The number of amides is 1. The molecule has 1 aliphatic heterocycles. The molecule has 1 heterocycles. The smallest absolute Gasteiger partial charge is 0.243 e. The number of carbonyl (C=O) groups is 1. The molecule has 1 aliphatic rings. The Hall–Kier alpha value is -1.15. The Morgan fingerprint density at radius 3 is 2.29 bits per heavy atom. The fraction of sp³-hybridized carbons (Fsp3) is 0.650. The number of carbonyl (C=O) groups excluding carboxylic acids is 1. The molecule has 1 unspecified atom stereocenters. The molecule has 160 valence electrons. The van der Waals surface area contributed by atoms with Crippen molar-refractivity contribution in [1.29, 1.82) is 0 Å². The summed E-state index contributed by atoms with van der Waals surface area (Å²) in [5.74, 6) is 0.418. The summed E-state index contributed by atoms with van der Waals surface area (Å²) in [7, 11) is -3.39. The topological polar surface area (TPSA) is 92.5 Å². The highest BCUT2D eigenvalue weighted by atomic mass is 35.5. The molecule has 0 spiro atoms. The van der Waals surface area contributed by atoms with E-state index in [0.29, 0.717) is 43.3 Å². The normalized spacial score (nSPS) is 17.2. The highest BCUT2D eigenvalue weighted by Gasteiger charge is 2.27. The summed E-state index contributed by atoms with van der Waals surface area (Å²) < 4.78 is 26.6. The Balaban J connectivity index is 0.00000392. The molecule has 1 fully saturated rings. The van der Waals surface area contributed by atoms with Gasteiger partial charge in [-0.25, -0.2) is 8.42 Å². The number of rotatable bonds is 9. The molecule has 8 heteroatoms. The number of halogens is 1. The van der Waals surface area contributed by atoms with Crippen LogP contribution in [0.1, 0.15) is 52.0 Å². The summed E-state index contributed by atoms with van der Waals surface area (Å²) in [5, 5.41) is 3.05. The van der Waals surface area contributed by atoms with Crippen LogP contribution >= 0.6 is 12.4 Å². The Morgan fingerprint density at radius 2 is 1.79 bits per heavy atom. The molecule has 0 aromatic heterocycles. The lowest BCUT2D eigenvalue weighted by molar-refractivity contribution is -0.122. The van der Waals surface area contributed by atoms with E-state index in [1.165, 1.54) is 4.31 Å². The lowest BCUT2D eigenvalue weighted by Gasteiger charge is -2.31. The Morgan fingerprint density at radius 1 is 1.21 bits per heavy atom. The van der Waals surface area contributed by atoms with Gasteiger partial charge >= 0.3 is 0 Å². The third-order valence-electron chi connectivity index (χ3n) is 5.02. The Bertz CT molecular complexity index is 732. The van der Waals surface area contributed by atoms with E-state index in [1.807, 2.05) is 6.92 Å². The first-order valence-corrected chi connectivity index (χ1v) is 11.2. The average Bonchev–Trinajstić information content (AvgIpc) is 3.15. The highest BCUT2D eigenvalue weighted by Crippen LogP contribution is 2.21. The van der Waals surface area contributed by atoms with Crippen LogP contribution in [0.5, 0.6) is 0 Å². The maximum absolute atomic E-state index is 12.5. The predicted octanol–water partition coefficient (Wildman–Crippen LogP) is 2.71. The zero-order chi connectivity index (χ0) is 20.1. The van der Waals surface area contributed by atoms with Crippen molar-refractivity contribution < 1.29 is 13.2 Å². The molecule has 2 rings (SSSR count). The molecular formula is C20H34ClN3O3S. The fourth-order valence-electron chi connectivity index (χ4n) is 3.65. The Kier molecular flexibility index (Phi) is 9.40. The number of aryl methyl sites for hydroxylation is 1. The molecule has 1 aromatic carbocycles. The van der Waals surface area contributed by atoms with Crippen LogP contribution in [0.4, 0.5) is 0 Å². The van der Waals surface area contributed by atoms with Gasteiger partial charge in [-0.15, -0.1) is 12.4 Å². The first kappa shape index (κ1) is 24.9. The van der Waals surface area contributed by atoms with Crippen LogP contribution in [0.15, 0.2) is 29.2 Å². The van der Waals surface area contributed by atoms with E-state index >= 15 is 0 Å². The fourth-order valence-corrected chi connectivity index (χ4v) is 5.17. The largest absolute Gasteiger partial charge is 0.350 e. The van der Waals surface area contributed by atoms with Crippen molar-refractivity contribution in [3.63, 3.8) is 0 Å². The molecule has 1 saturated heterocycles. The molecule has 0 aliphatic carbocycles. The zero-order valence-corrected chi connectivity index (χ0v) is 18.7. The molecule has 0 radical (unpaired) electrons. The molecule has 6 nitrogen and oxygen atoms in total. The summed E-state index contributed by atoms with van der Waals surface area (Å²) in [6.45, 7) is 7.79. The number of hydrogen-bond acceptors (Lipinski definition) is 4. The first-order valence-electron chi connectivity index (χ1n) is 9.76. The van der Waals surface area contributed by atoms with Crippen molar-refractivity contribution in [3.05, 3.63) is 29.8 Å². The van der Waals surface area contributed by atoms with Crippen molar-refractivity contribution in [2.75, 3.05) is 19.6 Å². The zero-order valence-electron chi connectivity index (χ0n) is 17.1. The molecule has 1 atom stereocenters. The monoisotopic (exact) mass is 431 g/mol. The maximum Gasteiger partial charge on any atom is 0.243 e. The number of nitrogens with one attached hydrogen (secondary N) is 1. The van der Waals surface area contributed by atoms with Crippen LogP contribution in [0, 0.1) is 5.92 Å². The van der Waals surface area contributed by atoms with Crippen LogP contribution in [0.3, 0.4) is 0 Å². The number of nitrogens with zero attached hydrogens (tertiary/aromatic N) is 1. The molecule has 3 N–H and O–H groups in total. The van der Waals surface area contributed by atoms with Gasteiger partial charge in [0.05, 0.1) is 4.90 Å². The number of sulfonamides is 1. The third-order valence-corrected chi connectivity index (χ3v) is 6.93. The van der Waals surface area contributed by atoms with E-state index in [2.05, 4.69) is 19.2 Å². The minimum atomic E-state index is -3.39. The standard InChI is InChI=1S/C20H33N3O3S.ClH/c1-16(2)14-20(3,15-21)22-19(24)11-8-17-6-9-18(10-7-17)27(25,26)23-12-4-5-13-23;/h6-7,9-10,16H,4-5,8,11-15,21H2,1-3H3,(H,22,24);1H. The lowest BCUT2D eigenvalue weighted by atomic mass is 9.90. The van der Waals surface area contributed by atoms with Gasteiger partial charge in [-0.3, -0.25) is 4.79 Å². The van der Waals surface area contributed by atoms with E-state index in [-0.39, 0.29) is 23.9 Å². The second-order valence-corrected chi connectivity index (χ2v) is 10.1. The van der Waals surface area contributed by atoms with Crippen LogP contribution in [-0.2, 0) is 21.2 Å². The van der Waals surface area contributed by atoms with Gasteiger partial charge in [0.25, 0.3) is 0 Å². The van der Waals surface area contributed by atoms with Gasteiger partial charge in [0.15, 0.2) is 0 Å². The van der Waals surface area contributed by atoms with Crippen LogP contribution < -0.4 is 11.1 Å². The summed E-state index contributed by atoms with van der Waals surface area (Å²) in [6, 6.07) is 6.88. The summed E-state index contributed by atoms with van der Waals surface area (Å²) in [4.78, 5) is 12.6. The number of hydrogen-bond donors (Lipinski definition) is 2. The van der Waals surface area contributed by atoms with Gasteiger partial charge < -0.3 is 11.1 Å². The van der Waals surface area contributed by atoms with E-state index in [0.717, 1.165) is 24.8 Å². The molecule has 0 saturated carbocycles. The van der Waals surface area contributed by atoms with Gasteiger partial charge in [-0.2, -0.15) is 4.31 Å². The van der Waals surface area contributed by atoms with Crippen molar-refractivity contribution in [2.45, 2.75) is 63.3 Å². The van der Waals surface area contributed by atoms with Crippen LogP contribution in [0.25, 0.3) is 0 Å².